The van der Waals surface area contributed by atoms with Gasteiger partial charge in [-0.2, -0.15) is 0 Å². The minimum Gasteiger partial charge on any atom is -0.481 e. The number of aliphatic hydroxyl groups excluding tert-OH is 1. The smallest absolute Gasteiger partial charge is 0.326 e. The van der Waals surface area contributed by atoms with Crippen molar-refractivity contribution in [1.29, 1.82) is 0 Å². The Morgan fingerprint density at radius 2 is 1.73 bits per heavy atom. The zero-order valence-electron chi connectivity index (χ0n) is 17.0. The monoisotopic (exact) mass is 430 g/mol. The highest BCUT2D eigenvalue weighted by Gasteiger charge is 2.38. The van der Waals surface area contributed by atoms with Crippen LogP contribution in [0.2, 0.25) is 0 Å². The molecule has 0 saturated carbocycles. The van der Waals surface area contributed by atoms with Gasteiger partial charge in [0.25, 0.3) is 0 Å². The van der Waals surface area contributed by atoms with E-state index in [9.17, 15) is 29.1 Å². The number of aliphatic carboxylic acids is 2. The van der Waals surface area contributed by atoms with E-state index in [4.69, 9.17) is 15.9 Å². The van der Waals surface area contributed by atoms with Crippen LogP contribution in [0.5, 0.6) is 0 Å². The van der Waals surface area contributed by atoms with Crippen molar-refractivity contribution >= 4 is 29.7 Å². The Kier molecular flexibility index (Phi) is 9.66. The van der Waals surface area contributed by atoms with E-state index in [1.54, 1.807) is 13.8 Å². The molecule has 1 aliphatic heterocycles. The Bertz CT molecular complexity index is 669. The van der Waals surface area contributed by atoms with Crippen LogP contribution in [0.1, 0.15) is 39.5 Å². The van der Waals surface area contributed by atoms with Gasteiger partial charge in [0.1, 0.15) is 24.2 Å². The van der Waals surface area contributed by atoms with E-state index in [1.165, 1.54) is 4.90 Å². The largest absolute Gasteiger partial charge is 0.481 e. The second-order valence-electron chi connectivity index (χ2n) is 7.67. The van der Waals surface area contributed by atoms with Gasteiger partial charge in [-0.1, -0.05) is 13.8 Å². The molecular weight excluding hydrogens is 400 g/mol. The Labute approximate surface area is 173 Å². The molecule has 1 rings (SSSR count). The fourth-order valence-corrected chi connectivity index (χ4v) is 3.21. The molecule has 4 unspecified atom stereocenters. The lowest BCUT2D eigenvalue weighted by Crippen LogP contribution is -2.57. The topological polar surface area (TPSA) is 199 Å². The van der Waals surface area contributed by atoms with E-state index >= 15 is 0 Å². The van der Waals surface area contributed by atoms with Crippen molar-refractivity contribution in [3.05, 3.63) is 0 Å². The number of likely N-dealkylation sites (tertiary alicyclic amines) is 1. The number of carboxylic acids is 2. The first-order valence-corrected chi connectivity index (χ1v) is 9.70. The summed E-state index contributed by atoms with van der Waals surface area (Å²) < 4.78 is 0. The molecule has 0 aliphatic carbocycles. The van der Waals surface area contributed by atoms with Crippen LogP contribution in [0.25, 0.3) is 0 Å². The van der Waals surface area contributed by atoms with E-state index in [1.807, 2.05) is 0 Å². The van der Waals surface area contributed by atoms with Gasteiger partial charge in [0.15, 0.2) is 0 Å². The van der Waals surface area contributed by atoms with E-state index in [-0.39, 0.29) is 25.3 Å². The summed E-state index contributed by atoms with van der Waals surface area (Å²) in [5.74, 6) is -5.01. The van der Waals surface area contributed by atoms with E-state index in [2.05, 4.69) is 10.6 Å². The predicted octanol–water partition coefficient (Wildman–Crippen LogP) is -2.13. The van der Waals surface area contributed by atoms with Gasteiger partial charge in [-0.15, -0.1) is 0 Å². The first kappa shape index (κ1) is 25.3. The molecule has 0 aromatic heterocycles. The lowest BCUT2D eigenvalue weighted by Gasteiger charge is -2.28. The molecule has 1 heterocycles. The van der Waals surface area contributed by atoms with E-state index < -0.39 is 66.9 Å². The van der Waals surface area contributed by atoms with Crippen LogP contribution in [-0.2, 0) is 24.0 Å². The number of nitrogens with zero attached hydrogens (tertiary/aromatic N) is 1. The van der Waals surface area contributed by atoms with Gasteiger partial charge < -0.3 is 36.6 Å². The van der Waals surface area contributed by atoms with Crippen molar-refractivity contribution in [3.8, 4) is 0 Å². The molecule has 0 aromatic rings. The first-order chi connectivity index (χ1) is 14.0. The molecule has 1 fully saturated rings. The molecule has 1 aliphatic rings. The van der Waals surface area contributed by atoms with Gasteiger partial charge in [0.2, 0.25) is 17.7 Å². The van der Waals surface area contributed by atoms with Crippen molar-refractivity contribution in [1.82, 2.24) is 15.5 Å². The fraction of sp³-hybridized carbons (Fsp3) is 0.722. The number of nitrogens with two attached hydrogens (primary N) is 1. The minimum atomic E-state index is -1.52. The number of amides is 3. The Hall–Kier alpha value is -2.73. The first-order valence-electron chi connectivity index (χ1n) is 9.70. The molecule has 0 bridgehead atoms. The standard InChI is InChI=1S/C18H30N4O8/c1-9(2)6-12(18(29)30)21-15(26)11(7-14(24)25)20-16(27)13-4-3-5-22(13)17(28)10(19)8-23/h9-13,23H,3-8,19H2,1-2H3,(H,20,27)(H,21,26)(H,24,25)(H,29,30). The summed E-state index contributed by atoms with van der Waals surface area (Å²) >= 11 is 0. The summed E-state index contributed by atoms with van der Waals surface area (Å²) in [6, 6.07) is -4.92. The quantitative estimate of drug-likeness (QED) is 0.212. The highest BCUT2D eigenvalue weighted by molar-refractivity contribution is 5.95. The van der Waals surface area contributed by atoms with Gasteiger partial charge in [0.05, 0.1) is 13.0 Å². The Morgan fingerprint density at radius 1 is 1.10 bits per heavy atom. The molecule has 170 valence electrons. The molecule has 7 N–H and O–H groups in total. The maximum absolute atomic E-state index is 12.7. The summed E-state index contributed by atoms with van der Waals surface area (Å²) in [4.78, 5) is 61.1. The summed E-state index contributed by atoms with van der Waals surface area (Å²) in [5, 5.41) is 32.0. The summed E-state index contributed by atoms with van der Waals surface area (Å²) in [7, 11) is 0. The van der Waals surface area contributed by atoms with Crippen molar-refractivity contribution in [2.24, 2.45) is 11.7 Å². The van der Waals surface area contributed by atoms with Crippen LogP contribution < -0.4 is 16.4 Å². The molecule has 30 heavy (non-hydrogen) atoms. The molecule has 0 radical (unpaired) electrons. The van der Waals surface area contributed by atoms with Crippen LogP contribution in [0, 0.1) is 5.92 Å². The third-order valence-corrected chi connectivity index (χ3v) is 4.69. The van der Waals surface area contributed by atoms with Crippen LogP contribution in [-0.4, -0.2) is 87.2 Å². The molecule has 12 heteroatoms. The second-order valence-corrected chi connectivity index (χ2v) is 7.67. The third kappa shape index (κ3) is 7.26. The van der Waals surface area contributed by atoms with E-state index in [0.717, 1.165) is 0 Å². The van der Waals surface area contributed by atoms with Crippen LogP contribution in [0.15, 0.2) is 0 Å². The fourth-order valence-electron chi connectivity index (χ4n) is 3.21. The van der Waals surface area contributed by atoms with Crippen LogP contribution in [0.4, 0.5) is 0 Å². The van der Waals surface area contributed by atoms with Gasteiger partial charge in [0, 0.05) is 6.54 Å². The highest BCUT2D eigenvalue weighted by atomic mass is 16.4. The normalized spacial score (nSPS) is 19.1. The Morgan fingerprint density at radius 3 is 2.23 bits per heavy atom. The second kappa shape index (κ2) is 11.5. The third-order valence-electron chi connectivity index (χ3n) is 4.69. The zero-order chi connectivity index (χ0) is 23.0. The van der Waals surface area contributed by atoms with E-state index in [0.29, 0.717) is 6.42 Å². The molecule has 3 amide bonds. The highest BCUT2D eigenvalue weighted by Crippen LogP contribution is 2.18. The average Bonchev–Trinajstić information content (AvgIpc) is 3.14. The van der Waals surface area contributed by atoms with Crippen LogP contribution in [0.3, 0.4) is 0 Å². The molecule has 0 aromatic carbocycles. The molecule has 12 nitrogen and oxygen atoms in total. The zero-order valence-corrected chi connectivity index (χ0v) is 17.0. The van der Waals surface area contributed by atoms with Crippen molar-refractivity contribution in [3.63, 3.8) is 0 Å². The maximum atomic E-state index is 12.7. The number of carboxylic acid groups (broad SMARTS) is 2. The molecule has 0 spiro atoms. The predicted molar refractivity (Wildman–Crippen MR) is 103 cm³/mol. The number of carbonyl (C=O) groups is 5. The lowest BCUT2D eigenvalue weighted by molar-refractivity contribution is -0.145. The number of hydrogen-bond donors (Lipinski definition) is 6. The van der Waals surface area contributed by atoms with Crippen LogP contribution >= 0.6 is 0 Å². The summed E-state index contributed by atoms with van der Waals surface area (Å²) in [6.45, 7) is 3.17. The number of nitrogens with one attached hydrogen (secondary N) is 2. The number of rotatable bonds is 11. The number of aliphatic hydroxyl groups is 1. The van der Waals surface area contributed by atoms with Gasteiger partial charge >= 0.3 is 11.9 Å². The van der Waals surface area contributed by atoms with Crippen molar-refractivity contribution in [2.75, 3.05) is 13.2 Å². The maximum Gasteiger partial charge on any atom is 0.326 e. The molecular formula is C18H30N4O8. The SMILES string of the molecule is CC(C)CC(NC(=O)C(CC(=O)O)NC(=O)C1CCCN1C(=O)C(N)CO)C(=O)O. The summed E-state index contributed by atoms with van der Waals surface area (Å²) in [5.41, 5.74) is 5.53. The lowest BCUT2D eigenvalue weighted by atomic mass is 10.0. The van der Waals surface area contributed by atoms with Gasteiger partial charge in [-0.05, 0) is 25.2 Å². The minimum absolute atomic E-state index is 0.0484. The molecule has 1 saturated heterocycles. The number of carbonyl (C=O) groups excluding carboxylic acids is 3. The van der Waals surface area contributed by atoms with Gasteiger partial charge in [-0.25, -0.2) is 4.79 Å². The molecule has 4 atom stereocenters. The number of hydrogen-bond acceptors (Lipinski definition) is 7. The van der Waals surface area contributed by atoms with Crippen molar-refractivity contribution in [2.45, 2.75) is 63.7 Å². The average molecular weight is 430 g/mol. The van der Waals surface area contributed by atoms with Crippen molar-refractivity contribution < 1.29 is 39.3 Å². The van der Waals surface area contributed by atoms with Gasteiger partial charge in [-0.3, -0.25) is 19.2 Å². The Balaban J connectivity index is 2.91. The summed E-state index contributed by atoms with van der Waals surface area (Å²) in [6.07, 6.45) is 0.136.